The molecule has 1 N–H and O–H groups in total. The van der Waals surface area contributed by atoms with Gasteiger partial charge < -0.3 is 10.2 Å². The number of nitrogens with one attached hydrogen (secondary N) is 1. The summed E-state index contributed by atoms with van der Waals surface area (Å²) in [5, 5.41) is 3.49. The molecule has 2 heteroatoms. The Hall–Kier alpha value is -1.02. The summed E-state index contributed by atoms with van der Waals surface area (Å²) in [6.45, 7) is 7.74. The van der Waals surface area contributed by atoms with E-state index in [2.05, 4.69) is 49.3 Å². The van der Waals surface area contributed by atoms with E-state index in [0.717, 1.165) is 25.6 Å². The average Bonchev–Trinajstić information content (AvgIpc) is 2.60. The van der Waals surface area contributed by atoms with Gasteiger partial charge in [0, 0.05) is 25.8 Å². The summed E-state index contributed by atoms with van der Waals surface area (Å²) in [5.74, 6) is 0.723. The molecule has 1 aliphatic rings. The standard InChI is InChI=1S/C14H22N2/c1-11(2)9-15-10-12-4-5-14-13(8-12)6-7-16(14)3/h4-5,8,11,15H,6-7,9-10H2,1-3H3. The third-order valence-electron chi connectivity index (χ3n) is 3.15. The molecule has 0 atom stereocenters. The summed E-state index contributed by atoms with van der Waals surface area (Å²) in [6, 6.07) is 6.86. The first-order chi connectivity index (χ1) is 7.66. The number of hydrogen-bond donors (Lipinski definition) is 1. The lowest BCUT2D eigenvalue weighted by Crippen LogP contribution is -2.19. The van der Waals surface area contributed by atoms with E-state index < -0.39 is 0 Å². The van der Waals surface area contributed by atoms with E-state index in [1.807, 2.05) is 0 Å². The van der Waals surface area contributed by atoms with Crippen molar-refractivity contribution in [2.75, 3.05) is 25.0 Å². The number of benzene rings is 1. The Balaban J connectivity index is 1.97. The normalized spacial score (nSPS) is 14.6. The van der Waals surface area contributed by atoms with Gasteiger partial charge in [0.25, 0.3) is 0 Å². The fourth-order valence-corrected chi connectivity index (χ4v) is 2.24. The van der Waals surface area contributed by atoms with Crippen LogP contribution >= 0.6 is 0 Å². The van der Waals surface area contributed by atoms with Crippen LogP contribution < -0.4 is 10.2 Å². The van der Waals surface area contributed by atoms with Gasteiger partial charge in [0.15, 0.2) is 0 Å². The number of likely N-dealkylation sites (N-methyl/N-ethyl adjacent to an activating group) is 1. The molecule has 0 spiro atoms. The number of rotatable bonds is 4. The van der Waals surface area contributed by atoms with Gasteiger partial charge in [-0.15, -0.1) is 0 Å². The van der Waals surface area contributed by atoms with E-state index >= 15 is 0 Å². The van der Waals surface area contributed by atoms with E-state index in [1.54, 1.807) is 0 Å². The second-order valence-electron chi connectivity index (χ2n) is 5.16. The molecule has 0 amide bonds. The second kappa shape index (κ2) is 4.88. The van der Waals surface area contributed by atoms with Crippen molar-refractivity contribution in [1.82, 2.24) is 5.32 Å². The molecule has 1 aliphatic heterocycles. The zero-order chi connectivity index (χ0) is 11.5. The van der Waals surface area contributed by atoms with E-state index in [4.69, 9.17) is 0 Å². The van der Waals surface area contributed by atoms with Crippen molar-refractivity contribution < 1.29 is 0 Å². The summed E-state index contributed by atoms with van der Waals surface area (Å²) >= 11 is 0. The molecule has 0 fully saturated rings. The number of anilines is 1. The van der Waals surface area contributed by atoms with Crippen LogP contribution in [0, 0.1) is 5.92 Å². The van der Waals surface area contributed by atoms with E-state index in [0.29, 0.717) is 0 Å². The maximum Gasteiger partial charge on any atom is 0.0397 e. The van der Waals surface area contributed by atoms with E-state index in [1.165, 1.54) is 23.2 Å². The first-order valence-electron chi connectivity index (χ1n) is 6.20. The largest absolute Gasteiger partial charge is 0.374 e. The van der Waals surface area contributed by atoms with Crippen molar-refractivity contribution in [3.05, 3.63) is 29.3 Å². The predicted octanol–water partition coefficient (Wildman–Crippen LogP) is 2.42. The van der Waals surface area contributed by atoms with Crippen LogP contribution in [0.25, 0.3) is 0 Å². The minimum Gasteiger partial charge on any atom is -0.374 e. The van der Waals surface area contributed by atoms with Crippen molar-refractivity contribution in [2.45, 2.75) is 26.8 Å². The molecule has 16 heavy (non-hydrogen) atoms. The van der Waals surface area contributed by atoms with Gasteiger partial charge in [-0.25, -0.2) is 0 Å². The third kappa shape index (κ3) is 2.56. The Morgan fingerprint density at radius 2 is 2.19 bits per heavy atom. The summed E-state index contributed by atoms with van der Waals surface area (Å²) in [7, 11) is 2.17. The Morgan fingerprint density at radius 3 is 2.94 bits per heavy atom. The fraction of sp³-hybridized carbons (Fsp3) is 0.571. The molecule has 88 valence electrons. The Kier molecular flexibility index (Phi) is 3.49. The topological polar surface area (TPSA) is 15.3 Å². The molecule has 0 unspecified atom stereocenters. The van der Waals surface area contributed by atoms with Crippen molar-refractivity contribution in [2.24, 2.45) is 5.92 Å². The number of hydrogen-bond acceptors (Lipinski definition) is 2. The van der Waals surface area contributed by atoms with Crippen LogP contribution in [0.15, 0.2) is 18.2 Å². The highest BCUT2D eigenvalue weighted by atomic mass is 15.1. The van der Waals surface area contributed by atoms with Crippen LogP contribution in [0.1, 0.15) is 25.0 Å². The molecule has 0 radical (unpaired) electrons. The number of fused-ring (bicyclic) bond motifs is 1. The van der Waals surface area contributed by atoms with Gasteiger partial charge in [-0.2, -0.15) is 0 Å². The van der Waals surface area contributed by atoms with Gasteiger partial charge in [-0.05, 0) is 36.1 Å². The minimum absolute atomic E-state index is 0.723. The minimum atomic E-state index is 0.723. The van der Waals surface area contributed by atoms with Gasteiger partial charge in [-0.3, -0.25) is 0 Å². The first-order valence-corrected chi connectivity index (χ1v) is 6.20. The van der Waals surface area contributed by atoms with Gasteiger partial charge in [0.05, 0.1) is 0 Å². The maximum atomic E-state index is 3.49. The van der Waals surface area contributed by atoms with Gasteiger partial charge in [0.2, 0.25) is 0 Å². The van der Waals surface area contributed by atoms with Crippen molar-refractivity contribution in [3.8, 4) is 0 Å². The molecule has 1 heterocycles. The van der Waals surface area contributed by atoms with Crippen LogP contribution in [-0.4, -0.2) is 20.1 Å². The van der Waals surface area contributed by atoms with Gasteiger partial charge in [-0.1, -0.05) is 26.0 Å². The molecular weight excluding hydrogens is 196 g/mol. The first kappa shape index (κ1) is 11.5. The van der Waals surface area contributed by atoms with Gasteiger partial charge in [0.1, 0.15) is 0 Å². The molecule has 0 saturated heterocycles. The van der Waals surface area contributed by atoms with Crippen molar-refractivity contribution in [1.29, 1.82) is 0 Å². The zero-order valence-corrected chi connectivity index (χ0v) is 10.6. The van der Waals surface area contributed by atoms with Crippen molar-refractivity contribution in [3.63, 3.8) is 0 Å². The quantitative estimate of drug-likeness (QED) is 0.835. The maximum absolute atomic E-state index is 3.49. The summed E-state index contributed by atoms with van der Waals surface area (Å²) in [6.07, 6.45) is 1.20. The van der Waals surface area contributed by atoms with E-state index in [-0.39, 0.29) is 0 Å². The Morgan fingerprint density at radius 1 is 1.38 bits per heavy atom. The lowest BCUT2D eigenvalue weighted by Gasteiger charge is -2.12. The monoisotopic (exact) mass is 218 g/mol. The summed E-state index contributed by atoms with van der Waals surface area (Å²) in [4.78, 5) is 2.33. The van der Waals surface area contributed by atoms with Crippen LogP contribution in [0.5, 0.6) is 0 Å². The molecule has 0 aromatic heterocycles. The van der Waals surface area contributed by atoms with Crippen LogP contribution in [-0.2, 0) is 13.0 Å². The Labute approximate surface area is 98.7 Å². The Bertz CT molecular complexity index is 358. The zero-order valence-electron chi connectivity index (χ0n) is 10.6. The SMILES string of the molecule is CC(C)CNCc1ccc2c(c1)CCN2C. The molecule has 0 aliphatic carbocycles. The highest BCUT2D eigenvalue weighted by molar-refractivity contribution is 5.58. The molecule has 0 saturated carbocycles. The molecule has 1 aromatic rings. The lowest BCUT2D eigenvalue weighted by molar-refractivity contribution is 0.552. The average molecular weight is 218 g/mol. The van der Waals surface area contributed by atoms with Gasteiger partial charge >= 0.3 is 0 Å². The van der Waals surface area contributed by atoms with E-state index in [9.17, 15) is 0 Å². The van der Waals surface area contributed by atoms with Crippen LogP contribution in [0.2, 0.25) is 0 Å². The second-order valence-corrected chi connectivity index (χ2v) is 5.16. The summed E-state index contributed by atoms with van der Waals surface area (Å²) < 4.78 is 0. The molecule has 2 nitrogen and oxygen atoms in total. The third-order valence-corrected chi connectivity index (χ3v) is 3.15. The molecule has 1 aromatic carbocycles. The van der Waals surface area contributed by atoms with Crippen molar-refractivity contribution >= 4 is 5.69 Å². The molecule has 0 bridgehead atoms. The molecular formula is C14H22N2. The highest BCUT2D eigenvalue weighted by Gasteiger charge is 2.15. The lowest BCUT2D eigenvalue weighted by atomic mass is 10.1. The fourth-order valence-electron chi connectivity index (χ4n) is 2.24. The summed E-state index contributed by atoms with van der Waals surface area (Å²) in [5.41, 5.74) is 4.33. The van der Waals surface area contributed by atoms with Crippen LogP contribution in [0.3, 0.4) is 0 Å². The number of nitrogens with zero attached hydrogens (tertiary/aromatic N) is 1. The predicted molar refractivity (Wildman–Crippen MR) is 70.0 cm³/mol. The molecule has 2 rings (SSSR count). The van der Waals surface area contributed by atoms with Crippen LogP contribution in [0.4, 0.5) is 5.69 Å². The highest BCUT2D eigenvalue weighted by Crippen LogP contribution is 2.27. The smallest absolute Gasteiger partial charge is 0.0397 e.